The quantitative estimate of drug-likeness (QED) is 0.457. The molecule has 1 unspecified atom stereocenters. The van der Waals surface area contributed by atoms with Crippen molar-refractivity contribution in [2.45, 2.75) is 45.8 Å². The number of hydrogen-bond acceptors (Lipinski definition) is 6. The molecule has 21 heavy (non-hydrogen) atoms. The van der Waals surface area contributed by atoms with E-state index in [2.05, 4.69) is 15.4 Å². The molecule has 0 aromatic carbocycles. The maximum absolute atomic E-state index is 11.6. The van der Waals surface area contributed by atoms with Crippen LogP contribution in [0.4, 0.5) is 0 Å². The molecule has 5 N–H and O–H groups in total. The van der Waals surface area contributed by atoms with Gasteiger partial charge in [0.15, 0.2) is 0 Å². The third-order valence-electron chi connectivity index (χ3n) is 2.08. The predicted octanol–water partition coefficient (Wildman–Crippen LogP) is -1.39. The summed E-state index contributed by atoms with van der Waals surface area (Å²) in [6, 6.07) is -2.22. The second-order valence-electron chi connectivity index (χ2n) is 4.29. The van der Waals surface area contributed by atoms with Crippen LogP contribution >= 0.6 is 0 Å². The third-order valence-corrected chi connectivity index (χ3v) is 2.08. The van der Waals surface area contributed by atoms with Crippen LogP contribution in [-0.4, -0.2) is 54.1 Å². The van der Waals surface area contributed by atoms with Gasteiger partial charge in [-0.3, -0.25) is 14.4 Å². The first-order valence-electron chi connectivity index (χ1n) is 6.16. The number of carboxylic acids is 1. The molecule has 9 nitrogen and oxygen atoms in total. The minimum Gasteiger partial charge on any atom is -0.481 e. The maximum Gasteiger partial charge on any atom is 0.328 e. The zero-order valence-electron chi connectivity index (χ0n) is 12.8. The Balaban J connectivity index is 0. The summed E-state index contributed by atoms with van der Waals surface area (Å²) in [4.78, 5) is 42.8. The van der Waals surface area contributed by atoms with E-state index in [1.165, 1.54) is 27.9 Å². The average Bonchev–Trinajstić information content (AvgIpc) is 2.36. The van der Waals surface area contributed by atoms with Gasteiger partial charge in [-0.2, -0.15) is 0 Å². The topological polar surface area (TPSA) is 148 Å². The Bertz CT molecular complexity index is 379. The zero-order valence-corrected chi connectivity index (χ0v) is 12.8. The van der Waals surface area contributed by atoms with Crippen molar-refractivity contribution in [2.24, 2.45) is 5.73 Å². The summed E-state index contributed by atoms with van der Waals surface area (Å²) in [5.74, 6) is -2.29. The molecule has 2 amide bonds. The fourth-order valence-corrected chi connectivity index (χ4v) is 0.984. The molecule has 0 saturated heterocycles. The van der Waals surface area contributed by atoms with Crippen LogP contribution in [0.5, 0.6) is 0 Å². The van der Waals surface area contributed by atoms with Crippen LogP contribution in [0.2, 0.25) is 0 Å². The van der Waals surface area contributed by atoms with Gasteiger partial charge in [-0.1, -0.05) is 0 Å². The van der Waals surface area contributed by atoms with Gasteiger partial charge in [0.2, 0.25) is 11.8 Å². The highest BCUT2D eigenvalue weighted by Crippen LogP contribution is 1.90. The van der Waals surface area contributed by atoms with Crippen LogP contribution in [0.25, 0.3) is 0 Å². The molecule has 0 aliphatic carbocycles. The van der Waals surface area contributed by atoms with Gasteiger partial charge in [-0.15, -0.1) is 0 Å². The first-order valence-corrected chi connectivity index (χ1v) is 6.16. The van der Waals surface area contributed by atoms with Gasteiger partial charge in [0.1, 0.15) is 12.1 Å². The Hall–Kier alpha value is -2.16. The van der Waals surface area contributed by atoms with Crippen molar-refractivity contribution in [1.29, 1.82) is 0 Å². The Kier molecular flexibility index (Phi) is 10.7. The molecule has 0 aliphatic heterocycles. The number of nitrogens with two attached hydrogens (primary N) is 1. The normalized spacial score (nSPS) is 13.6. The molecule has 9 heteroatoms. The Labute approximate surface area is 123 Å². The summed E-state index contributed by atoms with van der Waals surface area (Å²) in [6.07, 6.45) is 0. The van der Waals surface area contributed by atoms with E-state index in [0.29, 0.717) is 0 Å². The van der Waals surface area contributed by atoms with Gasteiger partial charge in [-0.05, 0) is 20.8 Å². The summed E-state index contributed by atoms with van der Waals surface area (Å²) in [5.41, 5.74) is 5.34. The lowest BCUT2D eigenvalue weighted by molar-refractivity contribution is -0.144. The molecule has 0 fully saturated rings. The smallest absolute Gasteiger partial charge is 0.328 e. The number of nitrogens with one attached hydrogen (secondary N) is 2. The standard InChI is InChI=1S/C10H19N3O4.C2H4O2/c1-5(11)8(14)12-6(2)9(15)13-7(3)10(16)17-4;1-2(3)4/h5-7H,11H2,1-4H3,(H,12,14)(H,13,15);1H3,(H,3,4)/t5?,6-,7-;/m0./s1. The molecule has 0 aromatic heterocycles. The molecule has 122 valence electrons. The summed E-state index contributed by atoms with van der Waals surface area (Å²) >= 11 is 0. The van der Waals surface area contributed by atoms with Crippen LogP contribution in [0.3, 0.4) is 0 Å². The van der Waals surface area contributed by atoms with E-state index in [-0.39, 0.29) is 0 Å². The predicted molar refractivity (Wildman–Crippen MR) is 74.2 cm³/mol. The first kappa shape index (κ1) is 21.1. The van der Waals surface area contributed by atoms with E-state index >= 15 is 0 Å². The SMILES string of the molecule is CC(=O)O.COC(=O)[C@H](C)NC(=O)[C@H](C)NC(=O)C(C)N. The van der Waals surface area contributed by atoms with E-state index in [0.717, 1.165) is 6.92 Å². The van der Waals surface area contributed by atoms with Crippen molar-refractivity contribution in [3.8, 4) is 0 Å². The number of carbonyl (C=O) groups is 4. The Morgan fingerprint density at radius 1 is 1.00 bits per heavy atom. The second kappa shape index (κ2) is 10.6. The molecule has 0 aliphatic rings. The number of hydrogen-bond donors (Lipinski definition) is 4. The van der Waals surface area contributed by atoms with Crippen molar-refractivity contribution in [1.82, 2.24) is 10.6 Å². The average molecular weight is 305 g/mol. The molecule has 0 bridgehead atoms. The molecular formula is C12H23N3O6. The largest absolute Gasteiger partial charge is 0.481 e. The van der Waals surface area contributed by atoms with Gasteiger partial charge < -0.3 is 26.2 Å². The lowest BCUT2D eigenvalue weighted by Gasteiger charge is -2.17. The molecule has 0 spiro atoms. The van der Waals surface area contributed by atoms with Crippen LogP contribution in [-0.2, 0) is 23.9 Å². The minimum atomic E-state index is -0.833. The Morgan fingerprint density at radius 2 is 1.38 bits per heavy atom. The zero-order chi connectivity index (χ0) is 17.2. The van der Waals surface area contributed by atoms with E-state index < -0.39 is 41.9 Å². The monoisotopic (exact) mass is 305 g/mol. The number of aliphatic carboxylic acids is 1. The lowest BCUT2D eigenvalue weighted by Crippen LogP contribution is -2.52. The fraction of sp³-hybridized carbons (Fsp3) is 0.667. The van der Waals surface area contributed by atoms with Crippen LogP contribution < -0.4 is 16.4 Å². The number of rotatable bonds is 5. The van der Waals surface area contributed by atoms with Crippen molar-refractivity contribution in [2.75, 3.05) is 7.11 Å². The molecule has 0 radical (unpaired) electrons. The summed E-state index contributed by atoms with van der Waals surface area (Å²) in [7, 11) is 1.23. The maximum atomic E-state index is 11.6. The number of esters is 1. The molecule has 0 heterocycles. The van der Waals surface area contributed by atoms with Crippen molar-refractivity contribution < 1.29 is 29.0 Å². The number of carboxylic acid groups (broad SMARTS) is 1. The number of methoxy groups -OCH3 is 1. The van der Waals surface area contributed by atoms with E-state index in [4.69, 9.17) is 15.6 Å². The van der Waals surface area contributed by atoms with Crippen LogP contribution in [0.15, 0.2) is 0 Å². The van der Waals surface area contributed by atoms with Gasteiger partial charge >= 0.3 is 5.97 Å². The fourth-order valence-electron chi connectivity index (χ4n) is 0.984. The number of ether oxygens (including phenoxy) is 1. The van der Waals surface area contributed by atoms with Crippen LogP contribution in [0.1, 0.15) is 27.7 Å². The Morgan fingerprint density at radius 3 is 1.71 bits per heavy atom. The third kappa shape index (κ3) is 11.4. The van der Waals surface area contributed by atoms with Gasteiger partial charge in [0, 0.05) is 6.92 Å². The highest BCUT2D eigenvalue weighted by Gasteiger charge is 2.21. The molecular weight excluding hydrogens is 282 g/mol. The van der Waals surface area contributed by atoms with E-state index in [1.54, 1.807) is 0 Å². The molecule has 0 rings (SSSR count). The van der Waals surface area contributed by atoms with Crippen molar-refractivity contribution in [3.63, 3.8) is 0 Å². The highest BCUT2D eigenvalue weighted by molar-refractivity contribution is 5.91. The second-order valence-corrected chi connectivity index (χ2v) is 4.29. The minimum absolute atomic E-state index is 0.432. The summed E-state index contributed by atoms with van der Waals surface area (Å²) < 4.78 is 4.45. The number of carbonyl (C=O) groups excluding carboxylic acids is 3. The van der Waals surface area contributed by atoms with Crippen molar-refractivity contribution >= 4 is 23.8 Å². The molecule has 0 aromatic rings. The van der Waals surface area contributed by atoms with Crippen molar-refractivity contribution in [3.05, 3.63) is 0 Å². The lowest BCUT2D eigenvalue weighted by atomic mass is 10.2. The molecule has 3 atom stereocenters. The van der Waals surface area contributed by atoms with Crippen LogP contribution in [0, 0.1) is 0 Å². The van der Waals surface area contributed by atoms with Gasteiger partial charge in [0.25, 0.3) is 5.97 Å². The molecule has 0 saturated carbocycles. The van der Waals surface area contributed by atoms with Gasteiger partial charge in [-0.25, -0.2) is 4.79 Å². The number of amides is 2. The summed E-state index contributed by atoms with van der Waals surface area (Å²) in [5, 5.41) is 12.2. The summed E-state index contributed by atoms with van der Waals surface area (Å²) in [6.45, 7) is 5.58. The van der Waals surface area contributed by atoms with Gasteiger partial charge in [0.05, 0.1) is 13.2 Å². The first-order chi connectivity index (χ1) is 9.52. The van der Waals surface area contributed by atoms with E-state index in [9.17, 15) is 14.4 Å². The van der Waals surface area contributed by atoms with E-state index in [1.807, 2.05) is 0 Å². The highest BCUT2D eigenvalue weighted by atomic mass is 16.5.